The Morgan fingerprint density at radius 3 is 1.96 bits per heavy atom. The normalized spacial score (nSPS) is 10.3. The van der Waals surface area contributed by atoms with Crippen molar-refractivity contribution in [3.8, 4) is 5.75 Å². The fourth-order valence-corrected chi connectivity index (χ4v) is 2.56. The van der Waals surface area contributed by atoms with E-state index in [4.69, 9.17) is 4.74 Å². The molecule has 3 aromatic rings. The third-order valence-electron chi connectivity index (χ3n) is 4.08. The van der Waals surface area contributed by atoms with Gasteiger partial charge in [0.1, 0.15) is 12.4 Å². The number of ether oxygens (including phenoxy) is 1. The second-order valence-electron chi connectivity index (χ2n) is 5.98. The molecule has 0 aromatic heterocycles. The van der Waals surface area contributed by atoms with Crippen LogP contribution in [0.4, 0.5) is 17.1 Å². The van der Waals surface area contributed by atoms with Gasteiger partial charge in [-0.3, -0.25) is 20.2 Å². The van der Waals surface area contributed by atoms with Crippen molar-refractivity contribution in [1.29, 1.82) is 0 Å². The average molecular weight is 379 g/mol. The molecular formula is C20H17N3O5. The standard InChI is InChI=1S/C20H17N3O5/c24-22(25)18-9-5-15(6-10-18)14-28-20-4-2-1-3-16(20)13-21-17-7-11-19(12-8-17)23(26)27/h1-12,21H,13-14H2. The van der Waals surface area contributed by atoms with Gasteiger partial charge in [0.05, 0.1) is 9.85 Å². The zero-order chi connectivity index (χ0) is 19.9. The number of rotatable bonds is 8. The van der Waals surface area contributed by atoms with Crippen LogP contribution in [0.25, 0.3) is 0 Å². The van der Waals surface area contributed by atoms with Crippen LogP contribution in [0.3, 0.4) is 0 Å². The Bertz CT molecular complexity index is 891. The molecule has 0 unspecified atom stereocenters. The Kier molecular flexibility index (Phi) is 5.81. The molecule has 8 nitrogen and oxygen atoms in total. The molecule has 0 heterocycles. The lowest BCUT2D eigenvalue weighted by atomic mass is 10.2. The summed E-state index contributed by atoms with van der Waals surface area (Å²) in [5.41, 5.74) is 2.58. The number of nitrogens with one attached hydrogen (secondary N) is 1. The summed E-state index contributed by atoms with van der Waals surface area (Å²) in [6.45, 7) is 0.765. The van der Waals surface area contributed by atoms with Crippen molar-refractivity contribution in [2.24, 2.45) is 0 Å². The van der Waals surface area contributed by atoms with Crippen LogP contribution in [-0.4, -0.2) is 9.85 Å². The van der Waals surface area contributed by atoms with Crippen LogP contribution in [0.15, 0.2) is 72.8 Å². The molecule has 0 amide bonds. The maximum atomic E-state index is 10.7. The average Bonchev–Trinajstić information content (AvgIpc) is 2.72. The first-order valence-corrected chi connectivity index (χ1v) is 8.45. The number of hydrogen-bond acceptors (Lipinski definition) is 6. The topological polar surface area (TPSA) is 108 Å². The summed E-state index contributed by atoms with van der Waals surface area (Å²) in [5, 5.41) is 24.6. The molecule has 3 rings (SSSR count). The zero-order valence-corrected chi connectivity index (χ0v) is 14.8. The van der Waals surface area contributed by atoms with Crippen molar-refractivity contribution < 1.29 is 14.6 Å². The van der Waals surface area contributed by atoms with Crippen LogP contribution in [0.1, 0.15) is 11.1 Å². The van der Waals surface area contributed by atoms with Gasteiger partial charge in [0.2, 0.25) is 0 Å². The van der Waals surface area contributed by atoms with Crippen LogP contribution in [0, 0.1) is 20.2 Å². The Labute approximate surface area is 160 Å². The maximum absolute atomic E-state index is 10.7. The number of nitrogens with zero attached hydrogens (tertiary/aromatic N) is 2. The lowest BCUT2D eigenvalue weighted by Crippen LogP contribution is -2.04. The van der Waals surface area contributed by atoms with Gasteiger partial charge >= 0.3 is 0 Å². The summed E-state index contributed by atoms with van der Waals surface area (Å²) < 4.78 is 5.86. The molecule has 0 fully saturated rings. The van der Waals surface area contributed by atoms with Gasteiger partial charge in [0, 0.05) is 42.1 Å². The Morgan fingerprint density at radius 1 is 0.786 bits per heavy atom. The van der Waals surface area contributed by atoms with Crippen LogP contribution in [0.5, 0.6) is 5.75 Å². The first kappa shape index (κ1) is 18.8. The minimum absolute atomic E-state index is 0.0384. The van der Waals surface area contributed by atoms with Gasteiger partial charge in [-0.15, -0.1) is 0 Å². The van der Waals surface area contributed by atoms with Gasteiger partial charge in [-0.25, -0.2) is 0 Å². The predicted octanol–water partition coefficient (Wildman–Crippen LogP) is 4.69. The summed E-state index contributed by atoms with van der Waals surface area (Å²) in [4.78, 5) is 20.5. The van der Waals surface area contributed by atoms with Gasteiger partial charge in [0.25, 0.3) is 11.4 Å². The number of nitro benzene ring substituents is 2. The minimum atomic E-state index is -0.441. The summed E-state index contributed by atoms with van der Waals surface area (Å²) in [7, 11) is 0. The number of hydrogen-bond donors (Lipinski definition) is 1. The van der Waals surface area contributed by atoms with Crippen LogP contribution >= 0.6 is 0 Å². The Hall–Kier alpha value is -3.94. The van der Waals surface area contributed by atoms with E-state index in [2.05, 4.69) is 5.32 Å². The molecule has 1 N–H and O–H groups in total. The smallest absolute Gasteiger partial charge is 0.269 e. The SMILES string of the molecule is O=[N+]([O-])c1ccc(COc2ccccc2CNc2ccc([N+](=O)[O-])cc2)cc1. The van der Waals surface area contributed by atoms with Gasteiger partial charge < -0.3 is 10.1 Å². The fourth-order valence-electron chi connectivity index (χ4n) is 2.56. The highest BCUT2D eigenvalue weighted by Crippen LogP contribution is 2.22. The van der Waals surface area contributed by atoms with Crippen molar-refractivity contribution in [3.05, 3.63) is 104 Å². The number of anilines is 1. The molecular weight excluding hydrogens is 362 g/mol. The quantitative estimate of drug-likeness (QED) is 0.449. The summed E-state index contributed by atoms with van der Waals surface area (Å²) in [6.07, 6.45) is 0. The number of nitro groups is 2. The lowest BCUT2D eigenvalue weighted by molar-refractivity contribution is -0.385. The van der Waals surface area contributed by atoms with Gasteiger partial charge in [-0.2, -0.15) is 0 Å². The second-order valence-corrected chi connectivity index (χ2v) is 5.98. The van der Waals surface area contributed by atoms with Gasteiger partial charge in [0.15, 0.2) is 0 Å². The van der Waals surface area contributed by atoms with Crippen LogP contribution < -0.4 is 10.1 Å². The summed E-state index contributed by atoms with van der Waals surface area (Å²) in [6, 6.07) is 19.9. The highest BCUT2D eigenvalue weighted by Gasteiger charge is 2.07. The Morgan fingerprint density at radius 2 is 1.36 bits per heavy atom. The molecule has 8 heteroatoms. The molecule has 0 radical (unpaired) electrons. The zero-order valence-electron chi connectivity index (χ0n) is 14.8. The minimum Gasteiger partial charge on any atom is -0.489 e. The van der Waals surface area contributed by atoms with E-state index in [1.165, 1.54) is 24.3 Å². The molecule has 28 heavy (non-hydrogen) atoms. The maximum Gasteiger partial charge on any atom is 0.269 e. The van der Waals surface area contributed by atoms with Crippen LogP contribution in [-0.2, 0) is 13.2 Å². The first-order chi connectivity index (χ1) is 13.5. The summed E-state index contributed by atoms with van der Waals surface area (Å²) in [5.74, 6) is 0.690. The molecule has 3 aromatic carbocycles. The highest BCUT2D eigenvalue weighted by atomic mass is 16.6. The monoisotopic (exact) mass is 379 g/mol. The fraction of sp³-hybridized carbons (Fsp3) is 0.100. The van der Waals surface area contributed by atoms with Gasteiger partial charge in [-0.1, -0.05) is 18.2 Å². The van der Waals surface area contributed by atoms with E-state index in [9.17, 15) is 20.2 Å². The molecule has 0 aliphatic carbocycles. The third kappa shape index (κ3) is 4.82. The van der Waals surface area contributed by atoms with E-state index in [0.717, 1.165) is 16.8 Å². The molecule has 0 aliphatic rings. The largest absolute Gasteiger partial charge is 0.489 e. The van der Waals surface area contributed by atoms with Crippen LogP contribution in [0.2, 0.25) is 0 Å². The first-order valence-electron chi connectivity index (χ1n) is 8.45. The second kappa shape index (κ2) is 8.63. The van der Waals surface area contributed by atoms with E-state index in [0.29, 0.717) is 12.3 Å². The van der Waals surface area contributed by atoms with E-state index >= 15 is 0 Å². The predicted molar refractivity (Wildman–Crippen MR) is 104 cm³/mol. The number of benzene rings is 3. The molecule has 142 valence electrons. The highest BCUT2D eigenvalue weighted by molar-refractivity contribution is 5.49. The van der Waals surface area contributed by atoms with Crippen molar-refractivity contribution in [1.82, 2.24) is 0 Å². The number of non-ortho nitro benzene ring substituents is 2. The molecule has 0 aliphatic heterocycles. The lowest BCUT2D eigenvalue weighted by Gasteiger charge is -2.13. The Balaban J connectivity index is 1.62. The molecule has 0 saturated carbocycles. The van der Waals surface area contributed by atoms with Crippen molar-refractivity contribution in [3.63, 3.8) is 0 Å². The number of para-hydroxylation sites is 1. The summed E-state index contributed by atoms with van der Waals surface area (Å²) >= 11 is 0. The van der Waals surface area contributed by atoms with Crippen molar-refractivity contribution in [2.45, 2.75) is 13.2 Å². The molecule has 0 saturated heterocycles. The van der Waals surface area contributed by atoms with Gasteiger partial charge in [-0.05, 0) is 35.9 Å². The van der Waals surface area contributed by atoms with E-state index < -0.39 is 9.85 Å². The third-order valence-corrected chi connectivity index (χ3v) is 4.08. The molecule has 0 spiro atoms. The van der Waals surface area contributed by atoms with Crippen molar-refractivity contribution in [2.75, 3.05) is 5.32 Å². The molecule has 0 atom stereocenters. The van der Waals surface area contributed by atoms with E-state index in [1.807, 2.05) is 24.3 Å². The van der Waals surface area contributed by atoms with E-state index in [1.54, 1.807) is 24.3 Å². The van der Waals surface area contributed by atoms with Crippen molar-refractivity contribution >= 4 is 17.1 Å². The van der Waals surface area contributed by atoms with E-state index in [-0.39, 0.29) is 18.0 Å². The molecule has 0 bridgehead atoms.